The number of methoxy groups -OCH3 is 2. The molecule has 0 saturated carbocycles. The Labute approximate surface area is 233 Å². The minimum atomic E-state index is -1.06. The number of benzene rings is 3. The van der Waals surface area contributed by atoms with E-state index in [-0.39, 0.29) is 24.5 Å². The number of carbonyl (C=O) groups excluding carboxylic acids is 2. The van der Waals surface area contributed by atoms with Gasteiger partial charge in [-0.2, -0.15) is 0 Å². The number of aryl methyl sites for hydroxylation is 1. The molecule has 40 heavy (non-hydrogen) atoms. The molecule has 0 aromatic heterocycles. The summed E-state index contributed by atoms with van der Waals surface area (Å²) < 4.78 is 16.6. The van der Waals surface area contributed by atoms with Gasteiger partial charge in [-0.3, -0.25) is 4.79 Å². The van der Waals surface area contributed by atoms with Crippen LogP contribution in [0, 0.1) is 13.8 Å². The minimum Gasteiger partial charge on any atom is -0.494 e. The van der Waals surface area contributed by atoms with Crippen molar-refractivity contribution in [2.24, 2.45) is 0 Å². The maximum Gasteiger partial charge on any atom is 0.335 e. The van der Waals surface area contributed by atoms with Crippen LogP contribution in [0.4, 0.5) is 16.2 Å². The topological polar surface area (TPSA) is 126 Å². The van der Waals surface area contributed by atoms with Crippen LogP contribution in [0.25, 0.3) is 0 Å². The van der Waals surface area contributed by atoms with Crippen LogP contribution in [0.1, 0.15) is 34.0 Å². The van der Waals surface area contributed by atoms with Crippen LogP contribution >= 0.6 is 0 Å². The summed E-state index contributed by atoms with van der Waals surface area (Å²) in [6.07, 6.45) is 0.141. The molecule has 0 heterocycles. The highest BCUT2D eigenvalue weighted by molar-refractivity contribution is 6.01. The van der Waals surface area contributed by atoms with E-state index in [0.29, 0.717) is 41.7 Å². The van der Waals surface area contributed by atoms with Crippen LogP contribution in [-0.4, -0.2) is 61.8 Å². The maximum atomic E-state index is 13.1. The van der Waals surface area contributed by atoms with Crippen molar-refractivity contribution in [3.05, 3.63) is 76.9 Å². The molecule has 10 heteroatoms. The first kappa shape index (κ1) is 29.8. The molecule has 0 unspecified atom stereocenters. The summed E-state index contributed by atoms with van der Waals surface area (Å²) in [5.41, 5.74) is 3.75. The van der Waals surface area contributed by atoms with Gasteiger partial charge in [0.25, 0.3) is 0 Å². The lowest BCUT2D eigenvalue weighted by Crippen LogP contribution is -2.35. The summed E-state index contributed by atoms with van der Waals surface area (Å²) in [5.74, 6) is 0.0225. The number of anilines is 2. The average Bonchev–Trinajstić information content (AvgIpc) is 2.93. The van der Waals surface area contributed by atoms with E-state index >= 15 is 0 Å². The second-order valence-corrected chi connectivity index (χ2v) is 8.99. The van der Waals surface area contributed by atoms with E-state index in [2.05, 4.69) is 10.6 Å². The molecule has 10 nitrogen and oxygen atoms in total. The molecule has 3 aromatic carbocycles. The number of aromatic carboxylic acids is 1. The van der Waals surface area contributed by atoms with E-state index in [1.54, 1.807) is 17.0 Å². The molecule has 0 bridgehead atoms. The highest BCUT2D eigenvalue weighted by atomic mass is 16.5. The fourth-order valence-corrected chi connectivity index (χ4v) is 4.19. The first-order valence-corrected chi connectivity index (χ1v) is 12.8. The van der Waals surface area contributed by atoms with Crippen molar-refractivity contribution in [3.8, 4) is 17.2 Å². The lowest BCUT2D eigenvalue weighted by molar-refractivity contribution is -0.130. The second-order valence-electron chi connectivity index (χ2n) is 8.99. The van der Waals surface area contributed by atoms with E-state index in [0.717, 1.165) is 16.7 Å². The number of carboxylic acids is 1. The van der Waals surface area contributed by atoms with Gasteiger partial charge in [-0.1, -0.05) is 24.3 Å². The SMILES string of the molecule is CCN(CCOc1ccc(C(=O)O)cc1OC)C(=O)Cc1ccc(NC(=O)Nc2ccccc2C)c(OC)c1C. The Morgan fingerprint density at radius 1 is 0.900 bits per heavy atom. The van der Waals surface area contributed by atoms with Crippen LogP contribution in [-0.2, 0) is 11.2 Å². The van der Waals surface area contributed by atoms with E-state index in [9.17, 15) is 14.4 Å². The normalized spacial score (nSPS) is 10.4. The standard InChI is InChI=1S/C30H35N3O7/c1-6-33(15-16-40-25-14-12-22(29(35)36)17-26(25)38-4)27(34)18-21-11-13-24(28(39-5)20(21)3)32-30(37)31-23-10-8-7-9-19(23)2/h7-14,17H,6,15-16,18H2,1-5H3,(H,35,36)(H2,31,32,37). The smallest absolute Gasteiger partial charge is 0.335 e. The average molecular weight is 550 g/mol. The van der Waals surface area contributed by atoms with Gasteiger partial charge in [0.2, 0.25) is 5.91 Å². The summed E-state index contributed by atoms with van der Waals surface area (Å²) in [7, 11) is 2.95. The second kappa shape index (κ2) is 13.9. The van der Waals surface area contributed by atoms with Gasteiger partial charge in [-0.05, 0) is 67.8 Å². The molecule has 0 aliphatic heterocycles. The van der Waals surface area contributed by atoms with Crippen LogP contribution in [0.5, 0.6) is 17.2 Å². The number of amides is 3. The van der Waals surface area contributed by atoms with Gasteiger partial charge in [0.15, 0.2) is 11.5 Å². The number of carboxylic acid groups (broad SMARTS) is 1. The number of hydrogen-bond donors (Lipinski definition) is 3. The monoisotopic (exact) mass is 549 g/mol. The summed E-state index contributed by atoms with van der Waals surface area (Å²) in [6, 6.07) is 15.0. The van der Waals surface area contributed by atoms with Crippen molar-refractivity contribution in [2.75, 3.05) is 44.5 Å². The van der Waals surface area contributed by atoms with Gasteiger partial charge in [0.1, 0.15) is 12.4 Å². The zero-order valence-corrected chi connectivity index (χ0v) is 23.4. The predicted molar refractivity (Wildman–Crippen MR) is 153 cm³/mol. The van der Waals surface area contributed by atoms with E-state index in [1.165, 1.54) is 32.4 Å². The zero-order chi connectivity index (χ0) is 29.2. The van der Waals surface area contributed by atoms with Crippen LogP contribution in [0.15, 0.2) is 54.6 Å². The number of rotatable bonds is 12. The van der Waals surface area contributed by atoms with Gasteiger partial charge in [0.05, 0.1) is 38.4 Å². The molecule has 3 aromatic rings. The van der Waals surface area contributed by atoms with Crippen molar-refractivity contribution in [1.29, 1.82) is 0 Å². The Morgan fingerprint density at radius 2 is 1.62 bits per heavy atom. The number of urea groups is 1. The van der Waals surface area contributed by atoms with Crippen molar-refractivity contribution in [1.82, 2.24) is 4.90 Å². The van der Waals surface area contributed by atoms with Gasteiger partial charge in [-0.25, -0.2) is 9.59 Å². The Hall–Kier alpha value is -4.73. The van der Waals surface area contributed by atoms with E-state index in [1.807, 2.05) is 45.0 Å². The molecule has 0 aliphatic rings. The highest BCUT2D eigenvalue weighted by Gasteiger charge is 2.19. The molecule has 0 spiro atoms. The maximum absolute atomic E-state index is 13.1. The quantitative estimate of drug-likeness (QED) is 0.286. The van der Waals surface area contributed by atoms with Crippen molar-refractivity contribution in [2.45, 2.75) is 27.2 Å². The Morgan fingerprint density at radius 3 is 2.27 bits per heavy atom. The van der Waals surface area contributed by atoms with Gasteiger partial charge < -0.3 is 34.9 Å². The van der Waals surface area contributed by atoms with Gasteiger partial charge >= 0.3 is 12.0 Å². The van der Waals surface area contributed by atoms with E-state index < -0.39 is 12.0 Å². The molecule has 0 atom stereocenters. The number of hydrogen-bond acceptors (Lipinski definition) is 6. The predicted octanol–water partition coefficient (Wildman–Crippen LogP) is 5.13. The molecular weight excluding hydrogens is 514 g/mol. The molecular formula is C30H35N3O7. The Bertz CT molecular complexity index is 1370. The Kier molecular flexibility index (Phi) is 10.4. The fourth-order valence-electron chi connectivity index (χ4n) is 4.19. The number of nitrogens with one attached hydrogen (secondary N) is 2. The third-order valence-corrected chi connectivity index (χ3v) is 6.47. The summed E-state index contributed by atoms with van der Waals surface area (Å²) in [5, 5.41) is 14.8. The molecule has 0 fully saturated rings. The van der Waals surface area contributed by atoms with E-state index in [4.69, 9.17) is 19.3 Å². The molecule has 3 amide bonds. The third kappa shape index (κ3) is 7.43. The molecule has 212 valence electrons. The summed E-state index contributed by atoms with van der Waals surface area (Å²) in [4.78, 5) is 38.6. The lowest BCUT2D eigenvalue weighted by atomic mass is 10.0. The van der Waals surface area contributed by atoms with Crippen LogP contribution < -0.4 is 24.8 Å². The molecule has 0 saturated heterocycles. The number of para-hydroxylation sites is 1. The fraction of sp³-hybridized carbons (Fsp3) is 0.300. The number of likely N-dealkylation sites (N-methyl/N-ethyl adjacent to an activating group) is 1. The van der Waals surface area contributed by atoms with Crippen molar-refractivity contribution >= 4 is 29.3 Å². The lowest BCUT2D eigenvalue weighted by Gasteiger charge is -2.23. The molecule has 0 radical (unpaired) electrons. The van der Waals surface area contributed by atoms with Crippen molar-refractivity contribution in [3.63, 3.8) is 0 Å². The van der Waals surface area contributed by atoms with Crippen LogP contribution in [0.2, 0.25) is 0 Å². The minimum absolute atomic E-state index is 0.0912. The Balaban J connectivity index is 1.63. The first-order chi connectivity index (χ1) is 19.2. The summed E-state index contributed by atoms with van der Waals surface area (Å²) >= 11 is 0. The van der Waals surface area contributed by atoms with Crippen LogP contribution in [0.3, 0.4) is 0 Å². The number of ether oxygens (including phenoxy) is 3. The third-order valence-electron chi connectivity index (χ3n) is 6.47. The molecule has 3 rings (SSSR count). The largest absolute Gasteiger partial charge is 0.494 e. The highest BCUT2D eigenvalue weighted by Crippen LogP contribution is 2.32. The summed E-state index contributed by atoms with van der Waals surface area (Å²) in [6.45, 7) is 6.64. The number of carbonyl (C=O) groups is 3. The van der Waals surface area contributed by atoms with Crippen molar-refractivity contribution < 1.29 is 33.7 Å². The molecule has 0 aliphatic carbocycles. The number of nitrogens with zero attached hydrogens (tertiary/aromatic N) is 1. The first-order valence-electron chi connectivity index (χ1n) is 12.8. The zero-order valence-electron chi connectivity index (χ0n) is 23.4. The van der Waals surface area contributed by atoms with Gasteiger partial charge in [0, 0.05) is 12.2 Å². The van der Waals surface area contributed by atoms with Gasteiger partial charge in [-0.15, -0.1) is 0 Å². The molecule has 3 N–H and O–H groups in total.